The van der Waals surface area contributed by atoms with E-state index in [4.69, 9.17) is 10.5 Å². The Morgan fingerprint density at radius 1 is 1.24 bits per heavy atom. The fourth-order valence-corrected chi connectivity index (χ4v) is 1.60. The molecule has 2 aromatic rings. The maximum atomic E-state index is 11.4. The van der Waals surface area contributed by atoms with Gasteiger partial charge in [-0.2, -0.15) is 0 Å². The van der Waals surface area contributed by atoms with Crippen LogP contribution in [0.1, 0.15) is 10.5 Å². The fraction of sp³-hybridized carbons (Fsp3) is 0.167. The Balaban J connectivity index is 2.70. The molecule has 0 aliphatic carbocycles. The van der Waals surface area contributed by atoms with Gasteiger partial charge in [0.05, 0.1) is 14.2 Å². The number of aromatic nitrogens is 1. The molecular weight excluding hydrogens is 220 g/mol. The zero-order valence-corrected chi connectivity index (χ0v) is 9.56. The highest BCUT2D eigenvalue weighted by atomic mass is 16.5. The molecule has 1 heterocycles. The predicted molar refractivity (Wildman–Crippen MR) is 64.0 cm³/mol. The quantitative estimate of drug-likeness (QED) is 0.629. The molecule has 2 rings (SSSR count). The number of pyridine rings is 1. The van der Waals surface area contributed by atoms with Gasteiger partial charge >= 0.3 is 5.97 Å². The summed E-state index contributed by atoms with van der Waals surface area (Å²) in [6, 6.07) is 6.75. The Hall–Kier alpha value is -2.30. The van der Waals surface area contributed by atoms with Crippen LogP contribution in [0.15, 0.2) is 24.3 Å². The first-order valence-corrected chi connectivity index (χ1v) is 4.99. The molecule has 0 aliphatic rings. The van der Waals surface area contributed by atoms with Gasteiger partial charge in [0.15, 0.2) is 0 Å². The molecule has 17 heavy (non-hydrogen) atoms. The third-order valence-corrected chi connectivity index (χ3v) is 2.47. The third-order valence-electron chi connectivity index (χ3n) is 2.47. The maximum absolute atomic E-state index is 11.4. The number of methoxy groups -OCH3 is 2. The van der Waals surface area contributed by atoms with Crippen LogP contribution in [0.5, 0.6) is 5.75 Å². The van der Waals surface area contributed by atoms with Crippen molar-refractivity contribution in [3.63, 3.8) is 0 Å². The first-order valence-electron chi connectivity index (χ1n) is 4.99. The van der Waals surface area contributed by atoms with Crippen molar-refractivity contribution in [1.82, 2.24) is 4.98 Å². The summed E-state index contributed by atoms with van der Waals surface area (Å²) in [5, 5.41) is 0.747. The molecule has 5 nitrogen and oxygen atoms in total. The number of ether oxygens (including phenoxy) is 2. The van der Waals surface area contributed by atoms with Gasteiger partial charge in [-0.1, -0.05) is 0 Å². The summed E-state index contributed by atoms with van der Waals surface area (Å²) in [4.78, 5) is 15.6. The standard InChI is InChI=1S/C12H12N2O3/c1-16-10-6-4-8(13)7-3-5-9(12(15)17-2)14-11(7)10/h3-6H,13H2,1-2H3. The summed E-state index contributed by atoms with van der Waals surface area (Å²) in [6.45, 7) is 0. The largest absolute Gasteiger partial charge is 0.494 e. The van der Waals surface area contributed by atoms with E-state index in [1.165, 1.54) is 14.2 Å². The number of hydrogen-bond acceptors (Lipinski definition) is 5. The number of carbonyl (C=O) groups is 1. The van der Waals surface area contributed by atoms with Crippen LogP contribution in [-0.2, 0) is 4.74 Å². The van der Waals surface area contributed by atoms with Crippen LogP contribution in [0.3, 0.4) is 0 Å². The van der Waals surface area contributed by atoms with Crippen LogP contribution in [0, 0.1) is 0 Å². The summed E-state index contributed by atoms with van der Waals surface area (Å²) in [5.41, 5.74) is 7.19. The van der Waals surface area contributed by atoms with E-state index in [1.807, 2.05) is 0 Å². The molecule has 0 radical (unpaired) electrons. The first kappa shape index (κ1) is 11.2. The summed E-state index contributed by atoms with van der Waals surface area (Å²) in [7, 11) is 2.85. The normalized spacial score (nSPS) is 10.2. The highest BCUT2D eigenvalue weighted by Gasteiger charge is 2.11. The summed E-state index contributed by atoms with van der Waals surface area (Å²) < 4.78 is 9.80. The van der Waals surface area contributed by atoms with Crippen molar-refractivity contribution in [3.05, 3.63) is 30.0 Å². The monoisotopic (exact) mass is 232 g/mol. The van der Waals surface area contributed by atoms with Crippen molar-refractivity contribution in [1.29, 1.82) is 0 Å². The number of nitrogens with two attached hydrogens (primary N) is 1. The number of hydrogen-bond donors (Lipinski definition) is 1. The van der Waals surface area contributed by atoms with Crippen molar-refractivity contribution in [2.75, 3.05) is 20.0 Å². The molecule has 88 valence electrons. The number of rotatable bonds is 2. The Kier molecular flexibility index (Phi) is 2.82. The lowest BCUT2D eigenvalue weighted by atomic mass is 10.1. The second-order valence-corrected chi connectivity index (χ2v) is 3.44. The van der Waals surface area contributed by atoms with Crippen LogP contribution < -0.4 is 10.5 Å². The predicted octanol–water partition coefficient (Wildman–Crippen LogP) is 1.61. The molecule has 1 aromatic carbocycles. The second kappa shape index (κ2) is 4.29. The molecule has 0 saturated heterocycles. The van der Waals surface area contributed by atoms with Gasteiger partial charge < -0.3 is 15.2 Å². The average Bonchev–Trinajstić information content (AvgIpc) is 2.38. The molecule has 0 amide bonds. The highest BCUT2D eigenvalue weighted by molar-refractivity contribution is 5.97. The minimum Gasteiger partial charge on any atom is -0.494 e. The van der Waals surface area contributed by atoms with Gasteiger partial charge in [-0.25, -0.2) is 9.78 Å². The van der Waals surface area contributed by atoms with E-state index in [0.717, 1.165) is 5.39 Å². The van der Waals surface area contributed by atoms with E-state index < -0.39 is 5.97 Å². The lowest BCUT2D eigenvalue weighted by Crippen LogP contribution is -2.04. The second-order valence-electron chi connectivity index (χ2n) is 3.44. The number of esters is 1. The molecule has 0 aliphatic heterocycles. The zero-order valence-electron chi connectivity index (χ0n) is 9.56. The van der Waals surface area contributed by atoms with Crippen LogP contribution in [0.4, 0.5) is 5.69 Å². The van der Waals surface area contributed by atoms with Gasteiger partial charge in [0.2, 0.25) is 0 Å². The fourth-order valence-electron chi connectivity index (χ4n) is 1.60. The maximum Gasteiger partial charge on any atom is 0.356 e. The summed E-state index contributed by atoms with van der Waals surface area (Å²) in [5.74, 6) is 0.0799. The smallest absolute Gasteiger partial charge is 0.356 e. The van der Waals surface area contributed by atoms with E-state index in [9.17, 15) is 4.79 Å². The Bertz CT molecular complexity index is 581. The van der Waals surface area contributed by atoms with E-state index in [1.54, 1.807) is 24.3 Å². The number of fused-ring (bicyclic) bond motifs is 1. The molecule has 0 unspecified atom stereocenters. The molecule has 0 saturated carbocycles. The Morgan fingerprint density at radius 3 is 2.65 bits per heavy atom. The summed E-state index contributed by atoms with van der Waals surface area (Å²) in [6.07, 6.45) is 0. The number of carbonyl (C=O) groups excluding carboxylic acids is 1. The van der Waals surface area contributed by atoms with Crippen molar-refractivity contribution >= 4 is 22.6 Å². The average molecular weight is 232 g/mol. The lowest BCUT2D eigenvalue weighted by Gasteiger charge is -2.08. The van der Waals surface area contributed by atoms with Gasteiger partial charge in [-0.05, 0) is 24.3 Å². The highest BCUT2D eigenvalue weighted by Crippen LogP contribution is 2.28. The van der Waals surface area contributed by atoms with Gasteiger partial charge in [0.1, 0.15) is 17.0 Å². The molecular formula is C12H12N2O3. The summed E-state index contributed by atoms with van der Waals surface area (Å²) >= 11 is 0. The van der Waals surface area contributed by atoms with Crippen molar-refractivity contribution in [3.8, 4) is 5.75 Å². The van der Waals surface area contributed by atoms with E-state index in [0.29, 0.717) is 17.0 Å². The molecule has 0 fully saturated rings. The SMILES string of the molecule is COC(=O)c1ccc2c(N)ccc(OC)c2n1. The van der Waals surface area contributed by atoms with Crippen LogP contribution in [-0.4, -0.2) is 25.2 Å². The minimum absolute atomic E-state index is 0.226. The molecule has 0 spiro atoms. The van der Waals surface area contributed by atoms with Crippen LogP contribution in [0.2, 0.25) is 0 Å². The molecule has 5 heteroatoms. The zero-order chi connectivity index (χ0) is 12.4. The van der Waals surface area contributed by atoms with Crippen molar-refractivity contribution in [2.24, 2.45) is 0 Å². The van der Waals surface area contributed by atoms with Crippen molar-refractivity contribution in [2.45, 2.75) is 0 Å². The van der Waals surface area contributed by atoms with Crippen molar-refractivity contribution < 1.29 is 14.3 Å². The minimum atomic E-state index is -0.489. The molecule has 0 atom stereocenters. The van der Waals surface area contributed by atoms with Crippen LogP contribution in [0.25, 0.3) is 10.9 Å². The van der Waals surface area contributed by atoms with Crippen LogP contribution >= 0.6 is 0 Å². The number of nitrogen functional groups attached to an aromatic ring is 1. The Labute approximate surface area is 98.2 Å². The van der Waals surface area contributed by atoms with E-state index in [-0.39, 0.29) is 5.69 Å². The van der Waals surface area contributed by atoms with E-state index >= 15 is 0 Å². The van der Waals surface area contributed by atoms with Gasteiger partial charge in [-0.3, -0.25) is 0 Å². The third kappa shape index (κ3) is 1.87. The number of nitrogens with zero attached hydrogens (tertiary/aromatic N) is 1. The molecule has 1 aromatic heterocycles. The topological polar surface area (TPSA) is 74.4 Å². The first-order chi connectivity index (χ1) is 8.17. The van der Waals surface area contributed by atoms with Gasteiger partial charge in [0, 0.05) is 11.1 Å². The van der Waals surface area contributed by atoms with Gasteiger partial charge in [0.25, 0.3) is 0 Å². The number of benzene rings is 1. The Morgan fingerprint density at radius 2 is 2.00 bits per heavy atom. The van der Waals surface area contributed by atoms with E-state index in [2.05, 4.69) is 9.72 Å². The van der Waals surface area contributed by atoms with Gasteiger partial charge in [-0.15, -0.1) is 0 Å². The number of anilines is 1. The molecule has 0 bridgehead atoms. The lowest BCUT2D eigenvalue weighted by molar-refractivity contribution is 0.0594. The molecule has 2 N–H and O–H groups in total.